The van der Waals surface area contributed by atoms with Crippen LogP contribution in [0.1, 0.15) is 28.1 Å². The highest BCUT2D eigenvalue weighted by Crippen LogP contribution is 2.26. The fourth-order valence-corrected chi connectivity index (χ4v) is 5.79. The van der Waals surface area contributed by atoms with Crippen LogP contribution in [0.15, 0.2) is 47.4 Å². The van der Waals surface area contributed by atoms with E-state index in [-0.39, 0.29) is 0 Å². The summed E-state index contributed by atoms with van der Waals surface area (Å²) in [5, 5.41) is 3.34. The lowest BCUT2D eigenvalue weighted by Gasteiger charge is -2.35. The number of hydrogen-bond acceptors (Lipinski definition) is 6. The number of hydrogen-bond donors (Lipinski definition) is 1. The SMILES string of the molecule is Cc1ccc(Nc2cc(N3CCN(S(=O)(=O)c4cc(C)c(C)cc4C)CC3)nc(C)n2)cc1. The number of nitrogens with one attached hydrogen (secondary N) is 1. The summed E-state index contributed by atoms with van der Waals surface area (Å²) in [6.45, 7) is 11.7. The summed E-state index contributed by atoms with van der Waals surface area (Å²) < 4.78 is 28.2. The first-order valence-corrected chi connectivity index (χ1v) is 12.6. The molecule has 1 saturated heterocycles. The minimum Gasteiger partial charge on any atom is -0.354 e. The molecule has 0 amide bonds. The first-order chi connectivity index (χ1) is 15.6. The molecule has 0 saturated carbocycles. The van der Waals surface area contributed by atoms with Gasteiger partial charge in [-0.2, -0.15) is 4.31 Å². The average molecular weight is 466 g/mol. The monoisotopic (exact) mass is 465 g/mol. The summed E-state index contributed by atoms with van der Waals surface area (Å²) >= 11 is 0. The molecule has 174 valence electrons. The number of sulfonamides is 1. The molecule has 7 nitrogen and oxygen atoms in total. The van der Waals surface area contributed by atoms with Crippen LogP contribution in [0.4, 0.5) is 17.3 Å². The predicted molar refractivity (Wildman–Crippen MR) is 133 cm³/mol. The second-order valence-electron chi connectivity index (χ2n) is 8.74. The second kappa shape index (κ2) is 9.11. The van der Waals surface area contributed by atoms with Crippen LogP contribution in [0.3, 0.4) is 0 Å². The van der Waals surface area contributed by atoms with Gasteiger partial charge in [-0.05, 0) is 69.5 Å². The van der Waals surface area contributed by atoms with Crippen LogP contribution in [0.5, 0.6) is 0 Å². The van der Waals surface area contributed by atoms with Gasteiger partial charge in [-0.25, -0.2) is 18.4 Å². The van der Waals surface area contributed by atoms with Crippen molar-refractivity contribution >= 4 is 27.3 Å². The minimum atomic E-state index is -3.54. The molecular formula is C25H31N5O2S. The topological polar surface area (TPSA) is 78.4 Å². The maximum absolute atomic E-state index is 13.3. The van der Waals surface area contributed by atoms with Gasteiger partial charge in [0.2, 0.25) is 10.0 Å². The lowest BCUT2D eigenvalue weighted by atomic mass is 10.1. The third-order valence-corrected chi connectivity index (χ3v) is 8.16. The van der Waals surface area contributed by atoms with Crippen molar-refractivity contribution in [3.63, 3.8) is 0 Å². The summed E-state index contributed by atoms with van der Waals surface area (Å²) in [5.74, 6) is 2.20. The standard InChI is InChI=1S/C25H31N5O2S/c1-17-6-8-22(9-7-17)28-24-16-25(27-21(5)26-24)29-10-12-30(13-11-29)33(31,32)23-15-19(3)18(2)14-20(23)4/h6-9,14-16H,10-13H2,1-5H3,(H,26,27,28). The van der Waals surface area contributed by atoms with Crippen molar-refractivity contribution in [2.45, 2.75) is 39.5 Å². The van der Waals surface area contributed by atoms with E-state index in [1.807, 2.05) is 64.1 Å². The molecule has 3 aromatic rings. The minimum absolute atomic E-state index is 0.404. The van der Waals surface area contributed by atoms with Gasteiger partial charge >= 0.3 is 0 Å². The Hall–Kier alpha value is -2.97. The summed E-state index contributed by atoms with van der Waals surface area (Å²) in [6.07, 6.45) is 0. The molecule has 2 heterocycles. The largest absolute Gasteiger partial charge is 0.354 e. The molecule has 1 fully saturated rings. The molecule has 33 heavy (non-hydrogen) atoms. The van der Waals surface area contributed by atoms with Crippen molar-refractivity contribution in [1.29, 1.82) is 0 Å². The molecule has 2 aromatic carbocycles. The Morgan fingerprint density at radius 2 is 1.42 bits per heavy atom. The maximum Gasteiger partial charge on any atom is 0.243 e. The van der Waals surface area contributed by atoms with E-state index in [2.05, 4.69) is 27.1 Å². The number of rotatable bonds is 5. The third kappa shape index (κ3) is 5.02. The van der Waals surface area contributed by atoms with Gasteiger partial charge in [-0.3, -0.25) is 0 Å². The Morgan fingerprint density at radius 3 is 2.09 bits per heavy atom. The Bertz CT molecular complexity index is 1260. The Kier molecular flexibility index (Phi) is 6.41. The van der Waals surface area contributed by atoms with Crippen molar-refractivity contribution in [2.75, 3.05) is 36.4 Å². The van der Waals surface area contributed by atoms with Crippen LogP contribution in [-0.4, -0.2) is 48.9 Å². The van der Waals surface area contributed by atoms with Crippen LogP contribution in [0, 0.1) is 34.6 Å². The molecule has 0 spiro atoms. The molecule has 1 N–H and O–H groups in total. The molecular weight excluding hydrogens is 434 g/mol. The highest BCUT2D eigenvalue weighted by molar-refractivity contribution is 7.89. The fourth-order valence-electron chi connectivity index (χ4n) is 4.07. The first-order valence-electron chi connectivity index (χ1n) is 11.2. The molecule has 8 heteroatoms. The molecule has 0 radical (unpaired) electrons. The van der Waals surface area contributed by atoms with Crippen LogP contribution in [0.2, 0.25) is 0 Å². The smallest absolute Gasteiger partial charge is 0.243 e. The van der Waals surface area contributed by atoms with Gasteiger partial charge in [0.15, 0.2) is 0 Å². The zero-order valence-electron chi connectivity index (χ0n) is 19.9. The van der Waals surface area contributed by atoms with E-state index in [1.54, 1.807) is 10.4 Å². The van der Waals surface area contributed by atoms with Crippen LogP contribution < -0.4 is 10.2 Å². The Balaban J connectivity index is 1.49. The number of nitrogens with zero attached hydrogens (tertiary/aromatic N) is 4. The quantitative estimate of drug-likeness (QED) is 0.606. The van der Waals surface area contributed by atoms with E-state index in [0.29, 0.717) is 36.9 Å². The Labute approximate surface area is 196 Å². The molecule has 4 rings (SSSR count). The average Bonchev–Trinajstić information content (AvgIpc) is 2.77. The van der Waals surface area contributed by atoms with E-state index in [4.69, 9.17) is 0 Å². The van der Waals surface area contributed by atoms with E-state index in [0.717, 1.165) is 34.0 Å². The summed E-state index contributed by atoms with van der Waals surface area (Å²) in [7, 11) is -3.54. The molecule has 1 aliphatic heterocycles. The van der Waals surface area contributed by atoms with Gasteiger partial charge in [-0.1, -0.05) is 23.8 Å². The highest BCUT2D eigenvalue weighted by Gasteiger charge is 2.30. The van der Waals surface area contributed by atoms with Crippen molar-refractivity contribution in [1.82, 2.24) is 14.3 Å². The van der Waals surface area contributed by atoms with Crippen molar-refractivity contribution in [2.24, 2.45) is 0 Å². The van der Waals surface area contributed by atoms with Crippen LogP contribution >= 0.6 is 0 Å². The van der Waals surface area contributed by atoms with Crippen molar-refractivity contribution < 1.29 is 8.42 Å². The van der Waals surface area contributed by atoms with Gasteiger partial charge in [0.05, 0.1) is 4.90 Å². The summed E-state index contributed by atoms with van der Waals surface area (Å²) in [4.78, 5) is 11.6. The molecule has 1 aliphatic rings. The second-order valence-corrected chi connectivity index (χ2v) is 10.6. The van der Waals surface area contributed by atoms with Gasteiger partial charge < -0.3 is 10.2 Å². The van der Waals surface area contributed by atoms with E-state index < -0.39 is 10.0 Å². The zero-order chi connectivity index (χ0) is 23.8. The lowest BCUT2D eigenvalue weighted by molar-refractivity contribution is 0.383. The zero-order valence-corrected chi connectivity index (χ0v) is 20.7. The van der Waals surface area contributed by atoms with Crippen molar-refractivity contribution in [3.8, 4) is 0 Å². The van der Waals surface area contributed by atoms with E-state index >= 15 is 0 Å². The third-order valence-electron chi connectivity index (χ3n) is 6.12. The molecule has 0 unspecified atom stereocenters. The van der Waals surface area contributed by atoms with E-state index in [1.165, 1.54) is 5.56 Å². The molecule has 0 bridgehead atoms. The van der Waals surface area contributed by atoms with Crippen LogP contribution in [0.25, 0.3) is 0 Å². The van der Waals surface area contributed by atoms with Gasteiger partial charge in [-0.15, -0.1) is 0 Å². The number of benzene rings is 2. The molecule has 0 atom stereocenters. The van der Waals surface area contributed by atoms with Gasteiger partial charge in [0.1, 0.15) is 17.5 Å². The maximum atomic E-state index is 13.3. The van der Waals surface area contributed by atoms with Gasteiger partial charge in [0, 0.05) is 37.9 Å². The number of anilines is 3. The predicted octanol–water partition coefficient (Wildman–Crippen LogP) is 4.27. The highest BCUT2D eigenvalue weighted by atomic mass is 32.2. The summed E-state index contributed by atoms with van der Waals surface area (Å²) in [6, 6.07) is 13.8. The molecule has 0 aliphatic carbocycles. The number of aromatic nitrogens is 2. The number of aryl methyl sites for hydroxylation is 5. The molecule has 1 aromatic heterocycles. The fraction of sp³-hybridized carbons (Fsp3) is 0.360. The van der Waals surface area contributed by atoms with Gasteiger partial charge in [0.25, 0.3) is 0 Å². The lowest BCUT2D eigenvalue weighted by Crippen LogP contribution is -2.49. The number of piperazine rings is 1. The normalized spacial score (nSPS) is 15.0. The van der Waals surface area contributed by atoms with Crippen LogP contribution in [-0.2, 0) is 10.0 Å². The summed E-state index contributed by atoms with van der Waals surface area (Å²) in [5.41, 5.74) is 5.04. The van der Waals surface area contributed by atoms with E-state index in [9.17, 15) is 8.42 Å². The Morgan fingerprint density at radius 1 is 0.788 bits per heavy atom. The van der Waals surface area contributed by atoms with Crippen molar-refractivity contribution in [3.05, 3.63) is 70.5 Å². The first kappa shape index (κ1) is 23.2.